The van der Waals surface area contributed by atoms with Crippen LogP contribution in [0, 0.1) is 23.7 Å². The Morgan fingerprint density at radius 1 is 0.865 bits per heavy atom. The third-order valence-corrected chi connectivity index (χ3v) is 10.8. The maximum atomic E-state index is 14.2. The second-order valence-electron chi connectivity index (χ2n) is 15.4. The fraction of sp³-hybridized carbons (Fsp3) is 0.725. The van der Waals surface area contributed by atoms with Crippen LogP contribution in [0.25, 0.3) is 0 Å². The number of benzene rings is 1. The van der Waals surface area contributed by atoms with Gasteiger partial charge in [-0.1, -0.05) is 85.2 Å². The molecular formula is C40H67N5O7. The highest BCUT2D eigenvalue weighted by Gasteiger charge is 2.43. The van der Waals surface area contributed by atoms with Crippen LogP contribution in [0.15, 0.2) is 30.3 Å². The van der Waals surface area contributed by atoms with E-state index >= 15 is 0 Å². The van der Waals surface area contributed by atoms with Crippen LogP contribution in [0.4, 0.5) is 0 Å². The topological polar surface area (TPSA) is 138 Å². The summed E-state index contributed by atoms with van der Waals surface area (Å²) in [7, 11) is 8.53. The van der Waals surface area contributed by atoms with Gasteiger partial charge in [0.05, 0.1) is 48.7 Å². The summed E-state index contributed by atoms with van der Waals surface area (Å²) in [6.07, 6.45) is 0.935. The first-order chi connectivity index (χ1) is 24.4. The summed E-state index contributed by atoms with van der Waals surface area (Å²) in [6, 6.07) is 6.13. The molecule has 2 N–H and O–H groups in total. The number of hydrogen-bond acceptors (Lipinski definition) is 8. The largest absolute Gasteiger partial charge is 0.379 e. The van der Waals surface area contributed by atoms with Crippen molar-refractivity contribution in [3.8, 4) is 0 Å². The lowest BCUT2D eigenvalue weighted by molar-refractivity contribution is -0.148. The number of ketones is 1. The van der Waals surface area contributed by atoms with Gasteiger partial charge in [-0.05, 0) is 51.6 Å². The molecular weight excluding hydrogens is 662 g/mol. The first kappa shape index (κ1) is 44.8. The van der Waals surface area contributed by atoms with E-state index < -0.39 is 42.3 Å². The van der Waals surface area contributed by atoms with Crippen LogP contribution in [0.2, 0.25) is 0 Å². The second kappa shape index (κ2) is 20.8. The molecule has 1 aliphatic heterocycles. The number of ether oxygens (including phenoxy) is 2. The second-order valence-corrected chi connectivity index (χ2v) is 15.4. The van der Waals surface area contributed by atoms with Gasteiger partial charge >= 0.3 is 0 Å². The smallest absolute Gasteiger partial charge is 0.245 e. The molecule has 1 aromatic carbocycles. The highest BCUT2D eigenvalue weighted by molar-refractivity contribution is 6.01. The number of likely N-dealkylation sites (tertiary alicyclic amines) is 1. The molecule has 9 atom stereocenters. The van der Waals surface area contributed by atoms with E-state index in [0.717, 1.165) is 12.8 Å². The Labute approximate surface area is 312 Å². The van der Waals surface area contributed by atoms with E-state index in [-0.39, 0.29) is 59.6 Å². The van der Waals surface area contributed by atoms with E-state index in [1.54, 1.807) is 62.1 Å². The number of hydrogen-bond donors (Lipinski definition) is 2. The van der Waals surface area contributed by atoms with Crippen LogP contribution in [0.5, 0.6) is 0 Å². The number of methoxy groups -OCH3 is 2. The number of likely N-dealkylation sites (N-methyl/N-ethyl adjacent to an activating group) is 2. The van der Waals surface area contributed by atoms with E-state index in [2.05, 4.69) is 10.6 Å². The number of nitrogens with zero attached hydrogens (tertiary/aromatic N) is 3. The normalized spacial score (nSPS) is 19.4. The van der Waals surface area contributed by atoms with Crippen molar-refractivity contribution in [1.82, 2.24) is 25.3 Å². The minimum Gasteiger partial charge on any atom is -0.379 e. The number of nitrogens with one attached hydrogen (secondary N) is 2. The van der Waals surface area contributed by atoms with E-state index in [4.69, 9.17) is 9.47 Å². The minimum atomic E-state index is -0.762. The first-order valence-corrected chi connectivity index (χ1v) is 18.9. The average molecular weight is 730 g/mol. The van der Waals surface area contributed by atoms with Crippen molar-refractivity contribution in [2.24, 2.45) is 23.7 Å². The Morgan fingerprint density at radius 2 is 1.48 bits per heavy atom. The molecule has 0 radical (unpaired) electrons. The van der Waals surface area contributed by atoms with Crippen molar-refractivity contribution >= 4 is 29.4 Å². The molecule has 1 heterocycles. The maximum Gasteiger partial charge on any atom is 0.245 e. The molecule has 0 spiro atoms. The Kier molecular flexibility index (Phi) is 17.9. The summed E-state index contributed by atoms with van der Waals surface area (Å²) < 4.78 is 11.9. The molecule has 1 fully saturated rings. The van der Waals surface area contributed by atoms with Crippen LogP contribution in [-0.2, 0) is 28.7 Å². The summed E-state index contributed by atoms with van der Waals surface area (Å²) in [6.45, 7) is 15.8. The molecule has 52 heavy (non-hydrogen) atoms. The Morgan fingerprint density at radius 3 is 1.98 bits per heavy atom. The standard InChI is InChI=1S/C40H67N5O7/c1-14-26(6)35(44(11)40(50)33(24(2)3)42-39(49)34(25(4)5)43(9)10)31(51-12)23-32(46)45-22-18-21-30(45)37(52-13)27(7)38(48)41-28(8)36(47)29-19-16-15-17-20-29/h15-17,19-20,24-28,30-31,33-35,37H,14,18,21-23H2,1-13H3,(H,41,48)(H,42,49)/t26-,27+,28+,30-,31+,33-,34-,35-,37+/m0/s1. The number of carbonyl (C=O) groups excluding carboxylic acids is 5. The van der Waals surface area contributed by atoms with Crippen LogP contribution < -0.4 is 10.6 Å². The molecule has 0 bridgehead atoms. The van der Waals surface area contributed by atoms with Gasteiger partial charge in [0.15, 0.2) is 5.78 Å². The summed E-state index contributed by atoms with van der Waals surface area (Å²) in [4.78, 5) is 73.4. The fourth-order valence-electron chi connectivity index (χ4n) is 7.67. The molecule has 0 aromatic heterocycles. The molecule has 0 aliphatic carbocycles. The molecule has 1 aromatic rings. The molecule has 2 rings (SSSR count). The molecule has 0 unspecified atom stereocenters. The number of rotatable bonds is 20. The van der Waals surface area contributed by atoms with Gasteiger partial charge in [-0.2, -0.15) is 0 Å². The Balaban J connectivity index is 2.26. The van der Waals surface area contributed by atoms with E-state index in [0.29, 0.717) is 18.5 Å². The quantitative estimate of drug-likeness (QED) is 0.192. The van der Waals surface area contributed by atoms with Crippen molar-refractivity contribution in [3.05, 3.63) is 35.9 Å². The average Bonchev–Trinajstić information content (AvgIpc) is 3.59. The van der Waals surface area contributed by atoms with Gasteiger partial charge in [0.1, 0.15) is 6.04 Å². The summed E-state index contributed by atoms with van der Waals surface area (Å²) >= 11 is 0. The first-order valence-electron chi connectivity index (χ1n) is 18.9. The van der Waals surface area contributed by atoms with Crippen molar-refractivity contribution in [3.63, 3.8) is 0 Å². The monoisotopic (exact) mass is 730 g/mol. The molecule has 12 heteroatoms. The summed E-state index contributed by atoms with van der Waals surface area (Å²) in [5, 5.41) is 5.88. The zero-order chi connectivity index (χ0) is 39.4. The molecule has 1 aliphatic rings. The lowest BCUT2D eigenvalue weighted by atomic mass is 9.89. The SMILES string of the molecule is CC[C@H](C)[C@@H]([C@@H](CC(=O)N1CCC[C@H]1[C@H](OC)[C@@H](C)C(=O)N[C@H](C)C(=O)c1ccccc1)OC)N(C)C(=O)[C@@H](NC(=O)[C@H](C(C)C)N(C)C)C(C)C. The van der Waals surface area contributed by atoms with Gasteiger partial charge in [-0.3, -0.25) is 28.9 Å². The minimum absolute atomic E-state index is 0.0218. The third kappa shape index (κ3) is 11.3. The molecule has 4 amide bonds. The Hall–Kier alpha value is -3.35. The van der Waals surface area contributed by atoms with Crippen LogP contribution in [0.1, 0.15) is 91.4 Å². The predicted octanol–water partition coefficient (Wildman–Crippen LogP) is 4.02. The molecule has 0 saturated carbocycles. The number of amides is 4. The highest BCUT2D eigenvalue weighted by atomic mass is 16.5. The van der Waals surface area contributed by atoms with Crippen molar-refractivity contribution in [1.29, 1.82) is 0 Å². The molecule has 12 nitrogen and oxygen atoms in total. The lowest BCUT2D eigenvalue weighted by Gasteiger charge is -2.41. The van der Waals surface area contributed by atoms with Crippen molar-refractivity contribution in [2.45, 2.75) is 123 Å². The van der Waals surface area contributed by atoms with Gasteiger partial charge in [0, 0.05) is 33.4 Å². The van der Waals surface area contributed by atoms with E-state index in [1.807, 2.05) is 66.6 Å². The maximum absolute atomic E-state index is 14.2. The van der Waals surface area contributed by atoms with Crippen LogP contribution >= 0.6 is 0 Å². The zero-order valence-corrected chi connectivity index (χ0v) is 34.0. The van der Waals surface area contributed by atoms with Gasteiger partial charge in [-0.15, -0.1) is 0 Å². The zero-order valence-electron chi connectivity index (χ0n) is 34.0. The highest BCUT2D eigenvalue weighted by Crippen LogP contribution is 2.30. The summed E-state index contributed by atoms with van der Waals surface area (Å²) in [5.74, 6) is -1.89. The van der Waals surface area contributed by atoms with Crippen LogP contribution in [0.3, 0.4) is 0 Å². The van der Waals surface area contributed by atoms with E-state index in [1.165, 1.54) is 7.11 Å². The van der Waals surface area contributed by atoms with Crippen molar-refractivity contribution < 1.29 is 33.4 Å². The fourth-order valence-corrected chi connectivity index (χ4v) is 7.67. The van der Waals surface area contributed by atoms with Crippen LogP contribution in [-0.4, -0.2) is 128 Å². The Bertz CT molecular complexity index is 1310. The lowest BCUT2D eigenvalue weighted by Crippen LogP contribution is -2.59. The van der Waals surface area contributed by atoms with Gasteiger partial charge in [0.2, 0.25) is 23.6 Å². The molecule has 294 valence electrons. The van der Waals surface area contributed by atoms with Gasteiger partial charge < -0.3 is 29.9 Å². The molecule has 1 saturated heterocycles. The van der Waals surface area contributed by atoms with Crippen molar-refractivity contribution in [2.75, 3.05) is 41.9 Å². The predicted molar refractivity (Wildman–Crippen MR) is 204 cm³/mol. The third-order valence-electron chi connectivity index (χ3n) is 10.8. The number of Topliss-reactive ketones (excluding diaryl/α,β-unsaturated/α-hetero) is 1. The van der Waals surface area contributed by atoms with E-state index in [9.17, 15) is 24.0 Å². The number of carbonyl (C=O) groups is 5. The summed E-state index contributed by atoms with van der Waals surface area (Å²) in [5.41, 5.74) is 0.517. The van der Waals surface area contributed by atoms with Gasteiger partial charge in [0.25, 0.3) is 0 Å². The van der Waals surface area contributed by atoms with Gasteiger partial charge in [-0.25, -0.2) is 0 Å².